The fourth-order valence-corrected chi connectivity index (χ4v) is 2.44. The van der Waals surface area contributed by atoms with Gasteiger partial charge >= 0.3 is 0 Å². The second-order valence-electron chi connectivity index (χ2n) is 5.48. The third-order valence-corrected chi connectivity index (χ3v) is 3.70. The summed E-state index contributed by atoms with van der Waals surface area (Å²) in [6.45, 7) is 9.23. The summed E-state index contributed by atoms with van der Waals surface area (Å²) in [4.78, 5) is 0. The van der Waals surface area contributed by atoms with Gasteiger partial charge in [0.15, 0.2) is 0 Å². The molecule has 3 heteroatoms. The van der Waals surface area contributed by atoms with Crippen molar-refractivity contribution in [2.45, 2.75) is 52.2 Å². The normalized spacial score (nSPS) is 16.3. The molecule has 0 aliphatic heterocycles. The van der Waals surface area contributed by atoms with Crippen molar-refractivity contribution < 1.29 is 4.74 Å². The Bertz CT molecular complexity index is 340. The van der Waals surface area contributed by atoms with E-state index in [0.29, 0.717) is 18.4 Å². The first-order valence-electron chi connectivity index (χ1n) is 7.22. The predicted molar refractivity (Wildman–Crippen MR) is 80.8 cm³/mol. The van der Waals surface area contributed by atoms with Crippen LogP contribution in [0.3, 0.4) is 0 Å². The molecule has 0 saturated carbocycles. The van der Waals surface area contributed by atoms with Gasteiger partial charge in [0.25, 0.3) is 0 Å². The van der Waals surface area contributed by atoms with E-state index in [-0.39, 0.29) is 12.1 Å². The predicted octanol–water partition coefficient (Wildman–Crippen LogP) is 3.07. The van der Waals surface area contributed by atoms with E-state index in [2.05, 4.69) is 43.5 Å². The summed E-state index contributed by atoms with van der Waals surface area (Å²) in [6.07, 6.45) is 1.35. The van der Waals surface area contributed by atoms with E-state index in [1.54, 1.807) is 0 Å². The van der Waals surface area contributed by atoms with E-state index in [1.165, 1.54) is 5.56 Å². The molecule has 3 nitrogen and oxygen atoms in total. The Balaban J connectivity index is 2.88. The molecule has 1 aromatic carbocycles. The lowest BCUT2D eigenvalue weighted by Crippen LogP contribution is -2.45. The van der Waals surface area contributed by atoms with Gasteiger partial charge in [0.2, 0.25) is 0 Å². The molecule has 1 aromatic rings. The van der Waals surface area contributed by atoms with E-state index in [4.69, 9.17) is 10.6 Å². The van der Waals surface area contributed by atoms with Crippen LogP contribution in [0.25, 0.3) is 0 Å². The smallest absolute Gasteiger partial charge is 0.0642 e. The fourth-order valence-electron chi connectivity index (χ4n) is 2.44. The van der Waals surface area contributed by atoms with Crippen LogP contribution in [-0.4, -0.2) is 18.8 Å². The highest BCUT2D eigenvalue weighted by atomic mass is 16.5. The van der Waals surface area contributed by atoms with E-state index in [9.17, 15) is 0 Å². The summed E-state index contributed by atoms with van der Waals surface area (Å²) in [5, 5.41) is 0. The van der Waals surface area contributed by atoms with Crippen LogP contribution >= 0.6 is 0 Å². The number of ether oxygens (including phenoxy) is 1. The zero-order chi connectivity index (χ0) is 14.3. The maximum atomic E-state index is 5.76. The maximum absolute atomic E-state index is 5.76. The van der Waals surface area contributed by atoms with Crippen molar-refractivity contribution in [2.24, 2.45) is 11.8 Å². The highest BCUT2D eigenvalue weighted by molar-refractivity contribution is 5.22. The molecule has 108 valence electrons. The van der Waals surface area contributed by atoms with Gasteiger partial charge in [0, 0.05) is 5.92 Å². The van der Waals surface area contributed by atoms with Gasteiger partial charge in [-0.05, 0) is 25.3 Å². The summed E-state index contributed by atoms with van der Waals surface area (Å²) in [5.41, 5.74) is 4.27. The zero-order valence-corrected chi connectivity index (χ0v) is 12.6. The minimum atomic E-state index is 0.139. The Morgan fingerprint density at radius 1 is 1.16 bits per heavy atom. The van der Waals surface area contributed by atoms with Crippen molar-refractivity contribution in [1.29, 1.82) is 0 Å². The first-order chi connectivity index (χ1) is 9.10. The lowest BCUT2D eigenvalue weighted by Gasteiger charge is -2.32. The maximum Gasteiger partial charge on any atom is 0.0642 e. The first-order valence-corrected chi connectivity index (χ1v) is 7.22. The van der Waals surface area contributed by atoms with Gasteiger partial charge in [-0.1, -0.05) is 50.6 Å². The summed E-state index contributed by atoms with van der Waals surface area (Å²) >= 11 is 0. The van der Waals surface area contributed by atoms with Crippen LogP contribution in [0, 0.1) is 5.92 Å². The van der Waals surface area contributed by atoms with Crippen molar-refractivity contribution >= 4 is 0 Å². The van der Waals surface area contributed by atoms with Crippen molar-refractivity contribution in [3.63, 3.8) is 0 Å². The quantitative estimate of drug-likeness (QED) is 0.560. The molecule has 0 amide bonds. The molecule has 0 spiro atoms. The van der Waals surface area contributed by atoms with Gasteiger partial charge in [0.1, 0.15) is 0 Å². The van der Waals surface area contributed by atoms with Crippen LogP contribution in [0.2, 0.25) is 0 Å². The molecule has 0 saturated heterocycles. The number of hydrogen-bond acceptors (Lipinski definition) is 3. The van der Waals surface area contributed by atoms with Crippen molar-refractivity contribution in [3.05, 3.63) is 35.9 Å². The lowest BCUT2D eigenvalue weighted by atomic mass is 9.80. The van der Waals surface area contributed by atoms with Crippen molar-refractivity contribution in [3.8, 4) is 0 Å². The SMILES string of the molecule is CCC(C)C(c1ccccc1)C(COC(C)C)NN. The molecular formula is C16H28N2O. The Kier molecular flexibility index (Phi) is 7.06. The summed E-state index contributed by atoms with van der Waals surface area (Å²) in [5.74, 6) is 6.68. The minimum absolute atomic E-state index is 0.139. The standard InChI is InChI=1S/C16H28N2O/c1-5-13(4)16(14-9-7-6-8-10-14)15(18-17)11-19-12(2)3/h6-10,12-13,15-16,18H,5,11,17H2,1-4H3. The summed E-state index contributed by atoms with van der Waals surface area (Å²) in [7, 11) is 0. The molecule has 19 heavy (non-hydrogen) atoms. The summed E-state index contributed by atoms with van der Waals surface area (Å²) in [6, 6.07) is 10.7. The number of hydrogen-bond donors (Lipinski definition) is 2. The fraction of sp³-hybridized carbons (Fsp3) is 0.625. The second-order valence-corrected chi connectivity index (χ2v) is 5.48. The largest absolute Gasteiger partial charge is 0.377 e. The molecule has 0 aliphatic carbocycles. The number of nitrogens with two attached hydrogens (primary N) is 1. The highest BCUT2D eigenvalue weighted by Gasteiger charge is 2.27. The van der Waals surface area contributed by atoms with Crippen molar-refractivity contribution in [2.75, 3.05) is 6.61 Å². The molecular weight excluding hydrogens is 236 g/mol. The molecule has 0 aliphatic rings. The van der Waals surface area contributed by atoms with E-state index in [0.717, 1.165) is 6.42 Å². The first kappa shape index (κ1) is 16.2. The number of nitrogens with one attached hydrogen (secondary N) is 1. The second kappa shape index (κ2) is 8.31. The Hall–Kier alpha value is -0.900. The lowest BCUT2D eigenvalue weighted by molar-refractivity contribution is 0.0508. The average molecular weight is 264 g/mol. The van der Waals surface area contributed by atoms with Crippen LogP contribution in [0.5, 0.6) is 0 Å². The third kappa shape index (κ3) is 4.94. The van der Waals surface area contributed by atoms with Crippen LogP contribution in [-0.2, 0) is 4.74 Å². The Morgan fingerprint density at radius 2 is 1.79 bits per heavy atom. The molecule has 0 bridgehead atoms. The molecule has 0 radical (unpaired) electrons. The Morgan fingerprint density at radius 3 is 2.26 bits per heavy atom. The Labute approximate surface area is 117 Å². The van der Waals surface area contributed by atoms with Crippen LogP contribution in [0.15, 0.2) is 30.3 Å². The zero-order valence-electron chi connectivity index (χ0n) is 12.6. The van der Waals surface area contributed by atoms with Gasteiger partial charge < -0.3 is 4.74 Å². The third-order valence-electron chi connectivity index (χ3n) is 3.70. The minimum Gasteiger partial charge on any atom is -0.377 e. The molecule has 1 rings (SSSR count). The van der Waals surface area contributed by atoms with Gasteiger partial charge in [-0.3, -0.25) is 11.3 Å². The van der Waals surface area contributed by atoms with Crippen molar-refractivity contribution in [1.82, 2.24) is 5.43 Å². The van der Waals surface area contributed by atoms with Crippen LogP contribution in [0.4, 0.5) is 0 Å². The molecule has 0 fully saturated rings. The van der Waals surface area contributed by atoms with E-state index >= 15 is 0 Å². The highest BCUT2D eigenvalue weighted by Crippen LogP contribution is 2.30. The van der Waals surface area contributed by atoms with E-state index in [1.807, 2.05) is 19.9 Å². The van der Waals surface area contributed by atoms with Gasteiger partial charge in [0.05, 0.1) is 18.8 Å². The molecule has 0 aromatic heterocycles. The average Bonchev–Trinajstić information content (AvgIpc) is 2.43. The van der Waals surface area contributed by atoms with Gasteiger partial charge in [-0.2, -0.15) is 0 Å². The number of rotatable bonds is 8. The summed E-state index contributed by atoms with van der Waals surface area (Å²) < 4.78 is 5.75. The molecule has 3 unspecified atom stereocenters. The van der Waals surface area contributed by atoms with E-state index < -0.39 is 0 Å². The monoisotopic (exact) mass is 264 g/mol. The molecule has 3 N–H and O–H groups in total. The molecule has 3 atom stereocenters. The van der Waals surface area contributed by atoms with Crippen LogP contribution < -0.4 is 11.3 Å². The van der Waals surface area contributed by atoms with Gasteiger partial charge in [-0.15, -0.1) is 0 Å². The molecule has 0 heterocycles. The topological polar surface area (TPSA) is 47.3 Å². The van der Waals surface area contributed by atoms with Crippen LogP contribution in [0.1, 0.15) is 45.6 Å². The number of hydrazine groups is 1. The number of benzene rings is 1. The van der Waals surface area contributed by atoms with Gasteiger partial charge in [-0.25, -0.2) is 0 Å².